The highest BCUT2D eigenvalue weighted by atomic mass is 19.1. The van der Waals surface area contributed by atoms with Gasteiger partial charge in [-0.1, -0.05) is 25.8 Å². The maximum atomic E-state index is 14.0. The number of carbonyl (C=O) groups is 1. The van der Waals surface area contributed by atoms with E-state index in [0.717, 1.165) is 24.8 Å². The Labute approximate surface area is 113 Å². The van der Waals surface area contributed by atoms with E-state index in [9.17, 15) is 9.18 Å². The third kappa shape index (κ3) is 3.34. The Morgan fingerprint density at radius 2 is 2.00 bits per heavy atom. The molecule has 1 aromatic rings. The van der Waals surface area contributed by atoms with Crippen molar-refractivity contribution in [2.24, 2.45) is 5.92 Å². The van der Waals surface area contributed by atoms with Crippen LogP contribution in [0.5, 0.6) is 0 Å². The van der Waals surface area contributed by atoms with E-state index in [0.29, 0.717) is 5.56 Å². The first-order valence-electron chi connectivity index (χ1n) is 7.14. The van der Waals surface area contributed by atoms with Crippen LogP contribution in [0.4, 0.5) is 4.39 Å². The van der Waals surface area contributed by atoms with Gasteiger partial charge in [-0.3, -0.25) is 0 Å². The lowest BCUT2D eigenvalue weighted by atomic mass is 9.77. The third-order valence-corrected chi connectivity index (χ3v) is 4.23. The standard InChI is InChI=1S/C16H21FO2/c1-2-3-11-4-6-12(7-5-11)14-9-8-13(16(18)19)10-15(14)17/h8-12H,2-7H2,1H3,(H,18,19). The minimum atomic E-state index is -1.07. The van der Waals surface area contributed by atoms with Crippen LogP contribution in [0.15, 0.2) is 18.2 Å². The number of benzene rings is 1. The molecule has 2 nitrogen and oxygen atoms in total. The van der Waals surface area contributed by atoms with Gasteiger partial charge in [0.2, 0.25) is 0 Å². The lowest BCUT2D eigenvalue weighted by molar-refractivity contribution is 0.0696. The van der Waals surface area contributed by atoms with Gasteiger partial charge in [-0.2, -0.15) is 0 Å². The lowest BCUT2D eigenvalue weighted by Crippen LogP contribution is -2.14. The monoisotopic (exact) mass is 264 g/mol. The van der Waals surface area contributed by atoms with Crippen molar-refractivity contribution in [2.45, 2.75) is 51.4 Å². The molecule has 0 aromatic heterocycles. The summed E-state index contributed by atoms with van der Waals surface area (Å²) in [6.45, 7) is 2.20. The summed E-state index contributed by atoms with van der Waals surface area (Å²) in [7, 11) is 0. The van der Waals surface area contributed by atoms with Crippen LogP contribution in [0.2, 0.25) is 0 Å². The minimum Gasteiger partial charge on any atom is -0.478 e. The van der Waals surface area contributed by atoms with Gasteiger partial charge < -0.3 is 5.11 Å². The third-order valence-electron chi connectivity index (χ3n) is 4.23. The molecule has 0 radical (unpaired) electrons. The van der Waals surface area contributed by atoms with Crippen molar-refractivity contribution in [3.05, 3.63) is 35.1 Å². The summed E-state index contributed by atoms with van der Waals surface area (Å²) in [5.41, 5.74) is 0.723. The normalized spacial score (nSPS) is 23.3. The van der Waals surface area contributed by atoms with E-state index in [4.69, 9.17) is 5.11 Å². The number of hydrogen-bond acceptors (Lipinski definition) is 1. The summed E-state index contributed by atoms with van der Waals surface area (Å²) in [5.74, 6) is -0.380. The van der Waals surface area contributed by atoms with E-state index in [1.807, 2.05) is 0 Å². The van der Waals surface area contributed by atoms with Gasteiger partial charge in [-0.25, -0.2) is 9.18 Å². The predicted octanol–water partition coefficient (Wildman–Crippen LogP) is 4.60. The maximum Gasteiger partial charge on any atom is 0.335 e. The van der Waals surface area contributed by atoms with Gasteiger partial charge in [0.05, 0.1) is 5.56 Å². The van der Waals surface area contributed by atoms with E-state index in [-0.39, 0.29) is 17.3 Å². The van der Waals surface area contributed by atoms with E-state index < -0.39 is 5.97 Å². The fourth-order valence-corrected chi connectivity index (χ4v) is 3.16. The van der Waals surface area contributed by atoms with Gasteiger partial charge in [-0.15, -0.1) is 0 Å². The van der Waals surface area contributed by atoms with E-state index >= 15 is 0 Å². The summed E-state index contributed by atoms with van der Waals surface area (Å²) < 4.78 is 14.0. The maximum absolute atomic E-state index is 14.0. The van der Waals surface area contributed by atoms with Gasteiger partial charge in [0.1, 0.15) is 5.82 Å². The van der Waals surface area contributed by atoms with Crippen LogP contribution in [-0.2, 0) is 0 Å². The van der Waals surface area contributed by atoms with Crippen LogP contribution in [0, 0.1) is 11.7 Å². The molecule has 0 aliphatic heterocycles. The lowest BCUT2D eigenvalue weighted by Gasteiger charge is -2.28. The largest absolute Gasteiger partial charge is 0.478 e. The van der Waals surface area contributed by atoms with Crippen molar-refractivity contribution in [3.8, 4) is 0 Å². The van der Waals surface area contributed by atoms with Crippen molar-refractivity contribution in [3.63, 3.8) is 0 Å². The van der Waals surface area contributed by atoms with Crippen molar-refractivity contribution < 1.29 is 14.3 Å². The van der Waals surface area contributed by atoms with Crippen molar-refractivity contribution in [1.82, 2.24) is 0 Å². The van der Waals surface area contributed by atoms with E-state index in [2.05, 4.69) is 6.92 Å². The molecule has 2 rings (SSSR count). The second kappa shape index (κ2) is 6.18. The molecule has 1 fully saturated rings. The van der Waals surface area contributed by atoms with Crippen molar-refractivity contribution in [1.29, 1.82) is 0 Å². The average molecular weight is 264 g/mol. The fraction of sp³-hybridized carbons (Fsp3) is 0.562. The quantitative estimate of drug-likeness (QED) is 0.863. The molecule has 0 amide bonds. The topological polar surface area (TPSA) is 37.3 Å². The highest BCUT2D eigenvalue weighted by Gasteiger charge is 2.24. The second-order valence-corrected chi connectivity index (χ2v) is 5.55. The molecule has 0 atom stereocenters. The molecule has 104 valence electrons. The van der Waals surface area contributed by atoms with Crippen LogP contribution in [0.3, 0.4) is 0 Å². The average Bonchev–Trinajstić information content (AvgIpc) is 2.40. The zero-order valence-electron chi connectivity index (χ0n) is 11.4. The van der Waals surface area contributed by atoms with Gasteiger partial charge in [0, 0.05) is 0 Å². The first-order valence-corrected chi connectivity index (χ1v) is 7.14. The Balaban J connectivity index is 2.05. The molecule has 0 spiro atoms. The molecular weight excluding hydrogens is 243 g/mol. The van der Waals surface area contributed by atoms with Crippen LogP contribution >= 0.6 is 0 Å². The molecule has 1 aliphatic carbocycles. The molecule has 19 heavy (non-hydrogen) atoms. The van der Waals surface area contributed by atoms with Gasteiger partial charge in [0.15, 0.2) is 0 Å². The first-order chi connectivity index (χ1) is 9.11. The Morgan fingerprint density at radius 1 is 1.32 bits per heavy atom. The summed E-state index contributed by atoms with van der Waals surface area (Å²) in [6, 6.07) is 4.32. The van der Waals surface area contributed by atoms with E-state index in [1.54, 1.807) is 6.07 Å². The molecule has 0 unspecified atom stereocenters. The Hall–Kier alpha value is -1.38. The summed E-state index contributed by atoms with van der Waals surface area (Å²) in [6.07, 6.45) is 6.86. The molecule has 1 N–H and O–H groups in total. The molecule has 0 heterocycles. The fourth-order valence-electron chi connectivity index (χ4n) is 3.16. The zero-order chi connectivity index (χ0) is 13.8. The number of carboxylic acid groups (broad SMARTS) is 1. The molecule has 1 aliphatic rings. The molecule has 0 saturated heterocycles. The Morgan fingerprint density at radius 3 is 2.53 bits per heavy atom. The Bertz CT molecular complexity index is 448. The summed E-state index contributed by atoms with van der Waals surface area (Å²) in [4.78, 5) is 10.8. The van der Waals surface area contributed by atoms with Crippen LogP contribution in [0.1, 0.15) is 67.3 Å². The zero-order valence-corrected chi connectivity index (χ0v) is 11.4. The van der Waals surface area contributed by atoms with Crippen LogP contribution in [-0.4, -0.2) is 11.1 Å². The first kappa shape index (κ1) is 14.0. The predicted molar refractivity (Wildman–Crippen MR) is 73.0 cm³/mol. The Kier molecular flexibility index (Phi) is 4.56. The van der Waals surface area contributed by atoms with Crippen LogP contribution < -0.4 is 0 Å². The number of aromatic carboxylic acids is 1. The SMILES string of the molecule is CCCC1CCC(c2ccc(C(=O)O)cc2F)CC1. The number of rotatable bonds is 4. The van der Waals surface area contributed by atoms with Crippen molar-refractivity contribution >= 4 is 5.97 Å². The molecule has 3 heteroatoms. The summed E-state index contributed by atoms with van der Waals surface area (Å²) in [5, 5.41) is 8.84. The van der Waals surface area contributed by atoms with Gasteiger partial charge in [0.25, 0.3) is 0 Å². The van der Waals surface area contributed by atoms with Gasteiger partial charge >= 0.3 is 5.97 Å². The van der Waals surface area contributed by atoms with Gasteiger partial charge in [-0.05, 0) is 55.2 Å². The highest BCUT2D eigenvalue weighted by Crippen LogP contribution is 2.38. The number of halogens is 1. The molecule has 0 bridgehead atoms. The van der Waals surface area contributed by atoms with Crippen molar-refractivity contribution in [2.75, 3.05) is 0 Å². The molecule has 1 saturated carbocycles. The molecular formula is C16H21FO2. The second-order valence-electron chi connectivity index (χ2n) is 5.55. The molecule has 1 aromatic carbocycles. The summed E-state index contributed by atoms with van der Waals surface area (Å²) >= 11 is 0. The minimum absolute atomic E-state index is 0.0286. The number of carboxylic acids is 1. The smallest absolute Gasteiger partial charge is 0.335 e. The van der Waals surface area contributed by atoms with E-state index in [1.165, 1.54) is 31.7 Å². The van der Waals surface area contributed by atoms with Crippen LogP contribution in [0.25, 0.3) is 0 Å². The number of hydrogen-bond donors (Lipinski definition) is 1. The highest BCUT2D eigenvalue weighted by molar-refractivity contribution is 5.87.